The summed E-state index contributed by atoms with van der Waals surface area (Å²) in [4.78, 5) is 4.44. The number of aryl methyl sites for hydroxylation is 1. The van der Waals surface area contributed by atoms with Crippen LogP contribution < -0.4 is 5.32 Å². The van der Waals surface area contributed by atoms with E-state index >= 15 is 0 Å². The van der Waals surface area contributed by atoms with Gasteiger partial charge in [-0.25, -0.2) is 9.37 Å². The van der Waals surface area contributed by atoms with Crippen LogP contribution in [0.5, 0.6) is 0 Å². The van der Waals surface area contributed by atoms with E-state index in [-0.39, 0.29) is 11.9 Å². The molecule has 1 N–H and O–H groups in total. The minimum atomic E-state index is -0.191. The lowest BCUT2D eigenvalue weighted by Crippen LogP contribution is -2.23. The maximum Gasteiger partial charge on any atom is 0.128 e. The monoisotopic (exact) mass is 250 g/mol. The number of benzene rings is 1. The van der Waals surface area contributed by atoms with Crippen LogP contribution in [-0.4, -0.2) is 11.5 Å². The van der Waals surface area contributed by atoms with Gasteiger partial charge in [0.1, 0.15) is 5.82 Å². The number of thiazole rings is 1. The van der Waals surface area contributed by atoms with Crippen LogP contribution in [-0.2, 0) is 0 Å². The third-order valence-corrected chi connectivity index (χ3v) is 3.35. The van der Waals surface area contributed by atoms with E-state index in [0.717, 1.165) is 17.2 Å². The lowest BCUT2D eigenvalue weighted by Gasteiger charge is -2.16. The fraction of sp³-hybridized carbons (Fsp3) is 0.308. The van der Waals surface area contributed by atoms with Crippen molar-refractivity contribution in [2.45, 2.75) is 19.9 Å². The molecular weight excluding hydrogens is 235 g/mol. The van der Waals surface area contributed by atoms with Crippen molar-refractivity contribution in [2.75, 3.05) is 6.54 Å². The summed E-state index contributed by atoms with van der Waals surface area (Å²) in [6.07, 6.45) is 0. The highest BCUT2D eigenvalue weighted by Gasteiger charge is 2.18. The van der Waals surface area contributed by atoms with Gasteiger partial charge in [-0.2, -0.15) is 0 Å². The first-order chi connectivity index (χ1) is 8.22. The van der Waals surface area contributed by atoms with E-state index in [1.807, 2.05) is 25.3 Å². The Kier molecular flexibility index (Phi) is 3.86. The van der Waals surface area contributed by atoms with Crippen LogP contribution in [0.2, 0.25) is 0 Å². The van der Waals surface area contributed by atoms with E-state index < -0.39 is 0 Å². The molecule has 90 valence electrons. The van der Waals surface area contributed by atoms with Crippen molar-refractivity contribution >= 4 is 11.3 Å². The molecule has 0 bridgehead atoms. The second-order valence-electron chi connectivity index (χ2n) is 3.80. The third-order valence-electron chi connectivity index (χ3n) is 2.56. The van der Waals surface area contributed by atoms with E-state index in [1.54, 1.807) is 23.5 Å². The number of aromatic nitrogens is 1. The molecule has 0 saturated carbocycles. The van der Waals surface area contributed by atoms with Crippen LogP contribution in [0.25, 0.3) is 0 Å². The highest BCUT2D eigenvalue weighted by atomic mass is 32.1. The lowest BCUT2D eigenvalue weighted by molar-refractivity contribution is 0.553. The molecule has 2 nitrogen and oxygen atoms in total. The van der Waals surface area contributed by atoms with Gasteiger partial charge in [0.25, 0.3) is 0 Å². The molecule has 0 aliphatic rings. The fourth-order valence-corrected chi connectivity index (χ4v) is 2.44. The zero-order chi connectivity index (χ0) is 12.3. The summed E-state index contributed by atoms with van der Waals surface area (Å²) in [5, 5.41) is 6.25. The van der Waals surface area contributed by atoms with Gasteiger partial charge in [-0.3, -0.25) is 0 Å². The molecular formula is C13H15FN2S. The molecule has 1 aromatic carbocycles. The molecule has 17 heavy (non-hydrogen) atoms. The molecule has 0 fully saturated rings. The van der Waals surface area contributed by atoms with E-state index in [2.05, 4.69) is 10.3 Å². The predicted octanol–water partition coefficient (Wildman–Crippen LogP) is 3.29. The molecule has 0 amide bonds. The average Bonchev–Trinajstić information content (AvgIpc) is 2.74. The number of nitrogens with one attached hydrogen (secondary N) is 1. The van der Waals surface area contributed by atoms with E-state index in [0.29, 0.717) is 5.56 Å². The van der Waals surface area contributed by atoms with E-state index in [4.69, 9.17) is 0 Å². The van der Waals surface area contributed by atoms with Crippen molar-refractivity contribution in [2.24, 2.45) is 0 Å². The Morgan fingerprint density at radius 1 is 1.41 bits per heavy atom. The summed E-state index contributed by atoms with van der Waals surface area (Å²) in [6, 6.07) is 6.68. The van der Waals surface area contributed by atoms with Crippen LogP contribution in [0.1, 0.15) is 29.2 Å². The first kappa shape index (κ1) is 12.2. The fourth-order valence-electron chi connectivity index (χ4n) is 1.80. The van der Waals surface area contributed by atoms with Gasteiger partial charge in [-0.1, -0.05) is 25.1 Å². The minimum absolute atomic E-state index is 0.161. The first-order valence-electron chi connectivity index (χ1n) is 5.62. The van der Waals surface area contributed by atoms with Gasteiger partial charge in [0.05, 0.1) is 16.7 Å². The number of hydrogen-bond acceptors (Lipinski definition) is 3. The van der Waals surface area contributed by atoms with Gasteiger partial charge < -0.3 is 5.32 Å². The Bertz CT molecular complexity index is 496. The van der Waals surface area contributed by atoms with Gasteiger partial charge in [-0.15, -0.1) is 11.3 Å². The summed E-state index contributed by atoms with van der Waals surface area (Å²) in [5.41, 5.74) is 1.54. The van der Waals surface area contributed by atoms with Gasteiger partial charge in [0.2, 0.25) is 0 Å². The number of nitrogens with zero attached hydrogens (tertiary/aromatic N) is 1. The zero-order valence-corrected chi connectivity index (χ0v) is 10.7. The van der Waals surface area contributed by atoms with Crippen molar-refractivity contribution in [3.63, 3.8) is 0 Å². The van der Waals surface area contributed by atoms with Crippen molar-refractivity contribution < 1.29 is 4.39 Å². The minimum Gasteiger partial charge on any atom is -0.305 e. The lowest BCUT2D eigenvalue weighted by atomic mass is 10.0. The second kappa shape index (κ2) is 5.38. The molecule has 1 heterocycles. The number of hydrogen-bond donors (Lipinski definition) is 1. The molecule has 0 saturated heterocycles. The van der Waals surface area contributed by atoms with Crippen molar-refractivity contribution in [3.8, 4) is 0 Å². The van der Waals surface area contributed by atoms with E-state index in [9.17, 15) is 4.39 Å². The summed E-state index contributed by atoms with van der Waals surface area (Å²) >= 11 is 1.59. The Labute approximate surface area is 105 Å². The van der Waals surface area contributed by atoms with Crippen LogP contribution >= 0.6 is 11.3 Å². The first-order valence-corrected chi connectivity index (χ1v) is 6.50. The molecule has 0 aliphatic carbocycles. The molecule has 2 rings (SSSR count). The van der Waals surface area contributed by atoms with Crippen molar-refractivity contribution in [1.29, 1.82) is 0 Å². The number of halogens is 1. The third kappa shape index (κ3) is 2.70. The average molecular weight is 250 g/mol. The molecule has 0 spiro atoms. The Morgan fingerprint density at radius 2 is 2.18 bits per heavy atom. The van der Waals surface area contributed by atoms with Gasteiger partial charge in [-0.05, 0) is 19.5 Å². The van der Waals surface area contributed by atoms with E-state index in [1.165, 1.54) is 6.07 Å². The van der Waals surface area contributed by atoms with Crippen LogP contribution in [0.3, 0.4) is 0 Å². The van der Waals surface area contributed by atoms with Crippen molar-refractivity contribution in [3.05, 3.63) is 51.7 Å². The Balaban J connectivity index is 2.39. The predicted molar refractivity (Wildman–Crippen MR) is 68.8 cm³/mol. The Hall–Kier alpha value is -1.26. The van der Waals surface area contributed by atoms with Gasteiger partial charge in [0.15, 0.2) is 0 Å². The molecule has 1 atom stereocenters. The molecule has 1 aromatic heterocycles. The normalized spacial score (nSPS) is 12.6. The maximum atomic E-state index is 13.8. The van der Waals surface area contributed by atoms with Crippen LogP contribution in [0, 0.1) is 12.7 Å². The highest BCUT2D eigenvalue weighted by molar-refractivity contribution is 7.09. The van der Waals surface area contributed by atoms with Gasteiger partial charge in [0, 0.05) is 10.9 Å². The van der Waals surface area contributed by atoms with Gasteiger partial charge >= 0.3 is 0 Å². The topological polar surface area (TPSA) is 24.9 Å². The summed E-state index contributed by atoms with van der Waals surface area (Å²) in [7, 11) is 0. The second-order valence-corrected chi connectivity index (χ2v) is 4.87. The summed E-state index contributed by atoms with van der Waals surface area (Å²) < 4.78 is 13.8. The smallest absolute Gasteiger partial charge is 0.128 e. The molecule has 0 aliphatic heterocycles. The largest absolute Gasteiger partial charge is 0.305 e. The maximum absolute atomic E-state index is 13.8. The summed E-state index contributed by atoms with van der Waals surface area (Å²) in [6.45, 7) is 4.74. The molecule has 0 radical (unpaired) electrons. The van der Waals surface area contributed by atoms with Crippen LogP contribution in [0.4, 0.5) is 4.39 Å². The Morgan fingerprint density at radius 3 is 2.76 bits per heavy atom. The standard InChI is InChI=1S/C13H15FN2S/c1-3-15-13(12-8-17-9(2)16-12)10-6-4-5-7-11(10)14/h4-8,13,15H,3H2,1-2H3. The number of rotatable bonds is 4. The van der Waals surface area contributed by atoms with Crippen LogP contribution in [0.15, 0.2) is 29.6 Å². The summed E-state index contributed by atoms with van der Waals surface area (Å²) in [5.74, 6) is -0.191. The molecule has 2 aromatic rings. The molecule has 1 unspecified atom stereocenters. The molecule has 4 heteroatoms. The highest BCUT2D eigenvalue weighted by Crippen LogP contribution is 2.25. The van der Waals surface area contributed by atoms with Crippen molar-refractivity contribution in [1.82, 2.24) is 10.3 Å². The quantitative estimate of drug-likeness (QED) is 0.900. The SMILES string of the molecule is CCNC(c1csc(C)n1)c1ccccc1F. The zero-order valence-electron chi connectivity index (χ0n) is 9.90.